The molecule has 1 atom stereocenters. The van der Waals surface area contributed by atoms with Crippen molar-refractivity contribution in [1.82, 2.24) is 0 Å². The van der Waals surface area contributed by atoms with E-state index in [0.29, 0.717) is 0 Å². The zero-order valence-corrected chi connectivity index (χ0v) is 7.66. The van der Waals surface area contributed by atoms with E-state index < -0.39 is 0 Å². The largest absolute Gasteiger partial charge is 0.155 e. The van der Waals surface area contributed by atoms with Crippen molar-refractivity contribution in [3.63, 3.8) is 0 Å². The summed E-state index contributed by atoms with van der Waals surface area (Å²) < 4.78 is 0. The fourth-order valence-electron chi connectivity index (χ4n) is 0.489. The Bertz CT molecular complexity index is 105. The van der Waals surface area contributed by atoms with E-state index in [4.69, 9.17) is 0 Å². The Kier molecular flexibility index (Phi) is 6.83. The SMILES string of the molecule is C=CC=CCSC(C)CC. The van der Waals surface area contributed by atoms with Crippen LogP contribution in [0, 0.1) is 0 Å². The summed E-state index contributed by atoms with van der Waals surface area (Å²) in [5.41, 5.74) is 0. The Morgan fingerprint density at radius 3 is 2.80 bits per heavy atom. The van der Waals surface area contributed by atoms with E-state index >= 15 is 0 Å². The Labute approximate surface area is 68.4 Å². The van der Waals surface area contributed by atoms with Crippen molar-refractivity contribution < 1.29 is 0 Å². The quantitative estimate of drug-likeness (QED) is 0.551. The van der Waals surface area contributed by atoms with Crippen molar-refractivity contribution in [2.75, 3.05) is 5.75 Å². The molecule has 0 aliphatic carbocycles. The summed E-state index contributed by atoms with van der Waals surface area (Å²) in [5.74, 6) is 1.11. The standard InChI is InChI=1S/C9H16S/c1-4-6-7-8-10-9(3)5-2/h4,6-7,9H,1,5,8H2,2-3H3. The lowest BCUT2D eigenvalue weighted by Gasteiger charge is -2.03. The first-order chi connectivity index (χ1) is 4.81. The van der Waals surface area contributed by atoms with Crippen LogP contribution in [-0.2, 0) is 0 Å². The highest BCUT2D eigenvalue weighted by Crippen LogP contribution is 2.12. The molecule has 0 saturated carbocycles. The van der Waals surface area contributed by atoms with Gasteiger partial charge in [-0.2, -0.15) is 11.8 Å². The molecule has 0 heterocycles. The van der Waals surface area contributed by atoms with Crippen LogP contribution in [0.5, 0.6) is 0 Å². The minimum absolute atomic E-state index is 0.787. The minimum Gasteiger partial charge on any atom is -0.155 e. The molecule has 0 bridgehead atoms. The highest BCUT2D eigenvalue weighted by molar-refractivity contribution is 8.00. The Morgan fingerprint density at radius 2 is 2.30 bits per heavy atom. The van der Waals surface area contributed by atoms with Gasteiger partial charge in [0.2, 0.25) is 0 Å². The summed E-state index contributed by atoms with van der Waals surface area (Å²) >= 11 is 1.98. The topological polar surface area (TPSA) is 0 Å². The summed E-state index contributed by atoms with van der Waals surface area (Å²) in [6.07, 6.45) is 7.21. The molecule has 0 aliphatic rings. The normalized spacial score (nSPS) is 13.8. The Morgan fingerprint density at radius 1 is 1.60 bits per heavy atom. The van der Waals surface area contributed by atoms with Crippen LogP contribution >= 0.6 is 11.8 Å². The average Bonchev–Trinajstić information content (AvgIpc) is 1.98. The molecule has 0 aromatic carbocycles. The number of hydrogen-bond acceptors (Lipinski definition) is 1. The van der Waals surface area contributed by atoms with Gasteiger partial charge in [0.05, 0.1) is 0 Å². The lowest BCUT2D eigenvalue weighted by molar-refractivity contribution is 0.907. The first-order valence-electron chi connectivity index (χ1n) is 3.70. The van der Waals surface area contributed by atoms with Crippen molar-refractivity contribution in [3.8, 4) is 0 Å². The van der Waals surface area contributed by atoms with E-state index in [-0.39, 0.29) is 0 Å². The van der Waals surface area contributed by atoms with Gasteiger partial charge in [0, 0.05) is 11.0 Å². The van der Waals surface area contributed by atoms with Crippen molar-refractivity contribution in [2.45, 2.75) is 25.5 Å². The van der Waals surface area contributed by atoms with E-state index in [9.17, 15) is 0 Å². The van der Waals surface area contributed by atoms with E-state index in [1.165, 1.54) is 6.42 Å². The van der Waals surface area contributed by atoms with Crippen LogP contribution in [0.15, 0.2) is 24.8 Å². The van der Waals surface area contributed by atoms with E-state index in [1.807, 2.05) is 23.9 Å². The van der Waals surface area contributed by atoms with Gasteiger partial charge in [0.15, 0.2) is 0 Å². The third-order valence-corrected chi connectivity index (χ3v) is 2.61. The fraction of sp³-hybridized carbons (Fsp3) is 0.556. The van der Waals surface area contributed by atoms with Gasteiger partial charge in [-0.1, -0.05) is 38.7 Å². The highest BCUT2D eigenvalue weighted by atomic mass is 32.2. The molecule has 10 heavy (non-hydrogen) atoms. The summed E-state index contributed by atoms with van der Waals surface area (Å²) in [5, 5.41) is 0.787. The van der Waals surface area contributed by atoms with Crippen molar-refractivity contribution in [3.05, 3.63) is 24.8 Å². The molecule has 0 radical (unpaired) electrons. The van der Waals surface area contributed by atoms with Crippen LogP contribution in [0.4, 0.5) is 0 Å². The maximum atomic E-state index is 3.60. The molecule has 0 rings (SSSR count). The molecule has 0 aromatic rings. The molecule has 1 heteroatoms. The molecular weight excluding hydrogens is 140 g/mol. The molecular formula is C9H16S. The first kappa shape index (κ1) is 9.83. The molecule has 0 saturated heterocycles. The van der Waals surface area contributed by atoms with E-state index in [2.05, 4.69) is 26.5 Å². The van der Waals surface area contributed by atoms with Gasteiger partial charge in [0.1, 0.15) is 0 Å². The molecule has 0 aliphatic heterocycles. The zero-order chi connectivity index (χ0) is 7.82. The van der Waals surface area contributed by atoms with Crippen LogP contribution in [0.1, 0.15) is 20.3 Å². The van der Waals surface area contributed by atoms with Crippen molar-refractivity contribution in [2.24, 2.45) is 0 Å². The maximum absolute atomic E-state index is 3.60. The van der Waals surface area contributed by atoms with Crippen LogP contribution in [-0.4, -0.2) is 11.0 Å². The van der Waals surface area contributed by atoms with Gasteiger partial charge in [-0.05, 0) is 6.42 Å². The Balaban J connectivity index is 3.18. The van der Waals surface area contributed by atoms with E-state index in [0.717, 1.165) is 11.0 Å². The Hall–Kier alpha value is -0.170. The summed E-state index contributed by atoms with van der Waals surface area (Å²) in [4.78, 5) is 0. The zero-order valence-electron chi connectivity index (χ0n) is 6.84. The van der Waals surface area contributed by atoms with Crippen molar-refractivity contribution >= 4 is 11.8 Å². The van der Waals surface area contributed by atoms with Crippen molar-refractivity contribution in [1.29, 1.82) is 0 Å². The third-order valence-electron chi connectivity index (χ3n) is 1.32. The molecule has 1 unspecified atom stereocenters. The second-order valence-electron chi connectivity index (χ2n) is 2.22. The molecule has 0 fully saturated rings. The number of rotatable bonds is 5. The average molecular weight is 156 g/mol. The lowest BCUT2D eigenvalue weighted by atomic mass is 10.4. The predicted molar refractivity (Wildman–Crippen MR) is 51.5 cm³/mol. The lowest BCUT2D eigenvalue weighted by Crippen LogP contribution is -1.92. The third kappa shape index (κ3) is 5.96. The van der Waals surface area contributed by atoms with Crippen LogP contribution in [0.2, 0.25) is 0 Å². The second-order valence-corrected chi connectivity index (χ2v) is 3.69. The van der Waals surface area contributed by atoms with Crippen LogP contribution in [0.3, 0.4) is 0 Å². The molecule has 0 nitrogen and oxygen atoms in total. The number of thioether (sulfide) groups is 1. The van der Waals surface area contributed by atoms with Gasteiger partial charge < -0.3 is 0 Å². The highest BCUT2D eigenvalue weighted by Gasteiger charge is 1.94. The smallest absolute Gasteiger partial charge is 0.0119 e. The molecule has 0 N–H and O–H groups in total. The van der Waals surface area contributed by atoms with Crippen LogP contribution in [0.25, 0.3) is 0 Å². The molecule has 0 amide bonds. The molecule has 58 valence electrons. The minimum atomic E-state index is 0.787. The fourth-order valence-corrected chi connectivity index (χ4v) is 1.28. The predicted octanol–water partition coefficient (Wildman–Crippen LogP) is 3.26. The monoisotopic (exact) mass is 156 g/mol. The summed E-state index contributed by atoms with van der Waals surface area (Å²) in [6, 6.07) is 0. The number of hydrogen-bond donors (Lipinski definition) is 0. The van der Waals surface area contributed by atoms with E-state index in [1.54, 1.807) is 0 Å². The second kappa shape index (κ2) is 6.94. The number of allylic oxidation sites excluding steroid dienone is 2. The molecule has 0 spiro atoms. The van der Waals surface area contributed by atoms with Gasteiger partial charge in [-0.15, -0.1) is 0 Å². The summed E-state index contributed by atoms with van der Waals surface area (Å²) in [6.45, 7) is 8.07. The van der Waals surface area contributed by atoms with Gasteiger partial charge in [0.25, 0.3) is 0 Å². The maximum Gasteiger partial charge on any atom is 0.0119 e. The molecule has 0 aromatic heterocycles. The van der Waals surface area contributed by atoms with Gasteiger partial charge in [-0.25, -0.2) is 0 Å². The van der Waals surface area contributed by atoms with Gasteiger partial charge >= 0.3 is 0 Å². The van der Waals surface area contributed by atoms with Crippen LogP contribution < -0.4 is 0 Å². The van der Waals surface area contributed by atoms with Gasteiger partial charge in [-0.3, -0.25) is 0 Å². The first-order valence-corrected chi connectivity index (χ1v) is 4.75. The summed E-state index contributed by atoms with van der Waals surface area (Å²) in [7, 11) is 0.